The Morgan fingerprint density at radius 3 is 2.68 bits per heavy atom. The van der Waals surface area contributed by atoms with E-state index < -0.39 is 35.6 Å². The number of nitrogens with zero attached hydrogens (tertiary/aromatic N) is 4. The van der Waals surface area contributed by atoms with Crippen LogP contribution in [0.1, 0.15) is 0 Å². The number of hydrogen-bond donors (Lipinski definition) is 1. The highest BCUT2D eigenvalue weighted by atomic mass is 35.5. The van der Waals surface area contributed by atoms with Crippen molar-refractivity contribution < 1.29 is 18.8 Å². The zero-order valence-corrected chi connectivity index (χ0v) is 15.0. The molecule has 2 unspecified atom stereocenters. The van der Waals surface area contributed by atoms with Gasteiger partial charge in [0.2, 0.25) is 5.91 Å². The summed E-state index contributed by atoms with van der Waals surface area (Å²) in [5.74, 6) is -2.28. The summed E-state index contributed by atoms with van der Waals surface area (Å²) in [6, 6.07) is 9.94. The number of rotatable bonds is 4. The Kier molecular flexibility index (Phi) is 4.52. The third-order valence-electron chi connectivity index (χ3n) is 4.38. The molecule has 0 spiro atoms. The number of carbonyl (C=O) groups is 3. The van der Waals surface area contributed by atoms with E-state index >= 15 is 0 Å². The molecule has 2 aliphatic rings. The van der Waals surface area contributed by atoms with Gasteiger partial charge < -0.3 is 5.32 Å². The first-order chi connectivity index (χ1) is 13.5. The van der Waals surface area contributed by atoms with Crippen molar-refractivity contribution in [1.82, 2.24) is 5.01 Å². The van der Waals surface area contributed by atoms with Gasteiger partial charge in [-0.1, -0.05) is 35.0 Å². The molecule has 1 saturated heterocycles. The van der Waals surface area contributed by atoms with Crippen LogP contribution in [0.2, 0.25) is 5.02 Å². The van der Waals surface area contributed by atoms with Crippen LogP contribution in [0.5, 0.6) is 0 Å². The molecule has 4 rings (SSSR count). The molecule has 0 radical (unpaired) electrons. The van der Waals surface area contributed by atoms with Crippen molar-refractivity contribution in [2.75, 3.05) is 16.8 Å². The Morgan fingerprint density at radius 1 is 1.14 bits per heavy atom. The molecule has 2 atom stereocenters. The van der Waals surface area contributed by atoms with Gasteiger partial charge in [0, 0.05) is 5.02 Å². The maximum Gasteiger partial charge on any atom is 0.263 e. The van der Waals surface area contributed by atoms with E-state index in [9.17, 15) is 18.8 Å². The van der Waals surface area contributed by atoms with Gasteiger partial charge in [-0.15, -0.1) is 0 Å². The molecule has 8 nitrogen and oxygen atoms in total. The number of carbonyl (C=O) groups excluding carboxylic acids is 3. The largest absolute Gasteiger partial charge is 0.322 e. The highest BCUT2D eigenvalue weighted by molar-refractivity contribution is 6.31. The summed E-state index contributed by atoms with van der Waals surface area (Å²) in [6.07, 6.45) is 0. The van der Waals surface area contributed by atoms with Gasteiger partial charge in [-0.05, 0) is 30.3 Å². The van der Waals surface area contributed by atoms with Gasteiger partial charge >= 0.3 is 0 Å². The van der Waals surface area contributed by atoms with Crippen LogP contribution in [0, 0.1) is 5.82 Å². The number of para-hydroxylation sites is 1. The van der Waals surface area contributed by atoms with Crippen LogP contribution in [-0.2, 0) is 14.4 Å². The van der Waals surface area contributed by atoms with E-state index in [0.717, 1.165) is 9.91 Å². The smallest absolute Gasteiger partial charge is 0.263 e. The third kappa shape index (κ3) is 3.09. The zero-order chi connectivity index (χ0) is 19.8. The lowest BCUT2D eigenvalue weighted by Crippen LogP contribution is -2.43. The predicted molar refractivity (Wildman–Crippen MR) is 98.1 cm³/mol. The lowest BCUT2D eigenvalue weighted by molar-refractivity contribution is -0.123. The van der Waals surface area contributed by atoms with Gasteiger partial charge in [0.25, 0.3) is 11.8 Å². The Balaban J connectivity index is 1.50. The van der Waals surface area contributed by atoms with E-state index in [4.69, 9.17) is 11.6 Å². The van der Waals surface area contributed by atoms with E-state index in [0.29, 0.717) is 10.7 Å². The van der Waals surface area contributed by atoms with Crippen LogP contribution < -0.4 is 10.2 Å². The van der Waals surface area contributed by atoms with Crippen LogP contribution in [0.15, 0.2) is 58.9 Å². The number of amides is 3. The number of anilines is 2. The fourth-order valence-electron chi connectivity index (χ4n) is 3.12. The van der Waals surface area contributed by atoms with Crippen molar-refractivity contribution in [1.29, 1.82) is 0 Å². The number of hydrogen-bond acceptors (Lipinski definition) is 6. The number of benzene rings is 2. The fraction of sp³-hybridized carbons (Fsp3) is 0.167. The lowest BCUT2D eigenvalue weighted by atomic mass is 10.1. The summed E-state index contributed by atoms with van der Waals surface area (Å²) >= 11 is 5.94. The quantitative estimate of drug-likeness (QED) is 0.796. The molecule has 1 N–H and O–H groups in total. The van der Waals surface area contributed by atoms with Crippen LogP contribution in [-0.4, -0.2) is 41.4 Å². The van der Waals surface area contributed by atoms with Crippen LogP contribution >= 0.6 is 11.6 Å². The molecule has 0 aromatic heterocycles. The van der Waals surface area contributed by atoms with E-state index in [-0.39, 0.29) is 12.2 Å². The molecule has 0 bridgehead atoms. The monoisotopic (exact) mass is 401 g/mol. The van der Waals surface area contributed by atoms with Crippen molar-refractivity contribution in [3.8, 4) is 0 Å². The highest BCUT2D eigenvalue weighted by Gasteiger charge is 2.55. The molecule has 2 aromatic carbocycles. The van der Waals surface area contributed by atoms with Crippen molar-refractivity contribution in [3.63, 3.8) is 0 Å². The predicted octanol–water partition coefficient (Wildman–Crippen LogP) is 2.41. The average Bonchev–Trinajstić information content (AvgIpc) is 3.17. The van der Waals surface area contributed by atoms with E-state index in [2.05, 4.69) is 15.7 Å². The normalized spacial score (nSPS) is 20.6. The maximum atomic E-state index is 13.7. The summed E-state index contributed by atoms with van der Waals surface area (Å²) in [5.41, 5.74) is 0.331. The van der Waals surface area contributed by atoms with Gasteiger partial charge in [-0.2, -0.15) is 5.11 Å². The van der Waals surface area contributed by atoms with E-state index in [1.807, 2.05) is 0 Å². The van der Waals surface area contributed by atoms with Gasteiger partial charge in [0.05, 0.1) is 11.4 Å². The molecular weight excluding hydrogens is 389 g/mol. The molecule has 3 amide bonds. The Hall–Kier alpha value is -3.33. The van der Waals surface area contributed by atoms with Gasteiger partial charge in [-0.25, -0.2) is 9.29 Å². The fourth-order valence-corrected chi connectivity index (χ4v) is 3.31. The molecule has 2 aromatic rings. The Bertz CT molecular complexity index is 1010. The second-order valence-corrected chi connectivity index (χ2v) is 6.65. The molecule has 0 saturated carbocycles. The average molecular weight is 402 g/mol. The van der Waals surface area contributed by atoms with Crippen LogP contribution in [0.25, 0.3) is 0 Å². The minimum Gasteiger partial charge on any atom is -0.322 e. The SMILES string of the molecule is O=C(CN1N=NC2C(=O)N(c3cccc(Cl)c3)C(=O)C21)Nc1ccccc1F. The molecule has 142 valence electrons. The van der Waals surface area contributed by atoms with Crippen molar-refractivity contribution in [3.05, 3.63) is 59.4 Å². The van der Waals surface area contributed by atoms with Gasteiger partial charge in [-0.3, -0.25) is 19.4 Å². The summed E-state index contributed by atoms with van der Waals surface area (Å²) in [6.45, 7) is -0.360. The van der Waals surface area contributed by atoms with Crippen molar-refractivity contribution in [2.45, 2.75) is 12.1 Å². The van der Waals surface area contributed by atoms with E-state index in [1.165, 1.54) is 24.3 Å². The maximum absolute atomic E-state index is 13.7. The summed E-state index contributed by atoms with van der Waals surface area (Å²) in [7, 11) is 0. The minimum atomic E-state index is -1.03. The highest BCUT2D eigenvalue weighted by Crippen LogP contribution is 2.32. The molecule has 1 fully saturated rings. The standard InChI is InChI=1S/C18H13ClFN5O3/c19-10-4-3-5-11(8-10)25-17(27)15-16(18(25)28)24(23-22-15)9-14(26)21-13-7-2-1-6-12(13)20/h1-8,15-16H,9H2,(H,21,26). The topological polar surface area (TPSA) is 94.4 Å². The van der Waals surface area contributed by atoms with Crippen molar-refractivity contribution >= 4 is 40.7 Å². The van der Waals surface area contributed by atoms with Crippen LogP contribution in [0.4, 0.5) is 15.8 Å². The number of fused-ring (bicyclic) bond motifs is 1. The molecular formula is C18H13ClFN5O3. The van der Waals surface area contributed by atoms with Crippen molar-refractivity contribution in [2.24, 2.45) is 10.3 Å². The third-order valence-corrected chi connectivity index (χ3v) is 4.61. The first-order valence-electron chi connectivity index (χ1n) is 8.31. The number of halogens is 2. The first kappa shape index (κ1) is 18.1. The second-order valence-electron chi connectivity index (χ2n) is 6.21. The second kappa shape index (κ2) is 7.01. The van der Waals surface area contributed by atoms with Crippen LogP contribution in [0.3, 0.4) is 0 Å². The summed E-state index contributed by atoms with van der Waals surface area (Å²) < 4.78 is 13.7. The molecule has 0 aliphatic carbocycles. The summed E-state index contributed by atoms with van der Waals surface area (Å²) in [5, 5.41) is 11.5. The number of imide groups is 1. The Morgan fingerprint density at radius 2 is 1.93 bits per heavy atom. The van der Waals surface area contributed by atoms with E-state index in [1.54, 1.807) is 24.3 Å². The zero-order valence-electron chi connectivity index (χ0n) is 14.3. The molecule has 10 heteroatoms. The van der Waals surface area contributed by atoms with Gasteiger partial charge in [0.1, 0.15) is 12.4 Å². The summed E-state index contributed by atoms with van der Waals surface area (Å²) in [4.78, 5) is 38.7. The molecule has 28 heavy (non-hydrogen) atoms. The first-order valence-corrected chi connectivity index (χ1v) is 8.68. The Labute approximate surface area is 163 Å². The van der Waals surface area contributed by atoms with Gasteiger partial charge in [0.15, 0.2) is 12.1 Å². The number of nitrogens with one attached hydrogen (secondary N) is 1. The molecule has 2 heterocycles. The molecule has 2 aliphatic heterocycles. The minimum absolute atomic E-state index is 0.00886. The lowest BCUT2D eigenvalue weighted by Gasteiger charge is -2.20.